The molecule has 6 heteroatoms. The number of likely N-dealkylation sites (N-methyl/N-ethyl adjacent to an activating group) is 1. The first-order chi connectivity index (χ1) is 11.2. The number of carbonyl (C=O) groups is 1. The van der Waals surface area contributed by atoms with Crippen molar-refractivity contribution in [2.24, 2.45) is 0 Å². The molecule has 0 aliphatic carbocycles. The van der Waals surface area contributed by atoms with Gasteiger partial charge in [-0.25, -0.2) is 9.78 Å². The fourth-order valence-electron chi connectivity index (χ4n) is 2.75. The number of aromatic nitrogens is 1. The highest BCUT2D eigenvalue weighted by Crippen LogP contribution is 2.21. The number of nitrogens with zero attached hydrogens (tertiary/aromatic N) is 3. The van der Waals surface area contributed by atoms with E-state index >= 15 is 0 Å². The molecule has 0 spiro atoms. The number of pyridine rings is 1. The Morgan fingerprint density at radius 1 is 1.17 bits per heavy atom. The van der Waals surface area contributed by atoms with E-state index < -0.39 is 0 Å². The molecule has 0 bridgehead atoms. The lowest BCUT2D eigenvalue weighted by Gasteiger charge is -2.21. The summed E-state index contributed by atoms with van der Waals surface area (Å²) in [5, 5.41) is 3.96. The van der Waals surface area contributed by atoms with Crippen molar-refractivity contribution in [3.05, 3.63) is 30.3 Å². The highest BCUT2D eigenvalue weighted by Gasteiger charge is 2.17. The Labute approximate surface area is 136 Å². The third kappa shape index (κ3) is 3.71. The van der Waals surface area contributed by atoms with Crippen LogP contribution in [0.2, 0.25) is 0 Å². The number of nitrogens with one attached hydrogen (secondary N) is 1. The predicted octanol–water partition coefficient (Wildman–Crippen LogP) is 2.41. The van der Waals surface area contributed by atoms with Crippen LogP contribution in [0.15, 0.2) is 30.3 Å². The number of methoxy groups -OCH3 is 1. The maximum Gasteiger partial charge on any atom is 0.321 e. The summed E-state index contributed by atoms with van der Waals surface area (Å²) in [6.07, 6.45) is 1.01. The lowest BCUT2D eigenvalue weighted by Crippen LogP contribution is -2.37. The molecule has 6 nitrogen and oxygen atoms in total. The topological polar surface area (TPSA) is 57.7 Å². The first kappa shape index (κ1) is 15.6. The van der Waals surface area contributed by atoms with Crippen LogP contribution in [0.3, 0.4) is 0 Å². The van der Waals surface area contributed by atoms with Gasteiger partial charge in [0, 0.05) is 36.8 Å². The molecule has 2 heterocycles. The zero-order valence-corrected chi connectivity index (χ0v) is 13.6. The van der Waals surface area contributed by atoms with Gasteiger partial charge in [-0.2, -0.15) is 0 Å². The van der Waals surface area contributed by atoms with Crippen molar-refractivity contribution in [2.75, 3.05) is 45.7 Å². The molecule has 1 aromatic heterocycles. The second kappa shape index (κ2) is 6.83. The van der Waals surface area contributed by atoms with Gasteiger partial charge in [-0.3, -0.25) is 0 Å². The quantitative estimate of drug-likeness (QED) is 0.925. The van der Waals surface area contributed by atoms with Gasteiger partial charge in [0.05, 0.1) is 12.6 Å². The van der Waals surface area contributed by atoms with E-state index in [9.17, 15) is 4.79 Å². The van der Waals surface area contributed by atoms with Gasteiger partial charge in [0.2, 0.25) is 5.88 Å². The van der Waals surface area contributed by atoms with Crippen molar-refractivity contribution in [3.63, 3.8) is 0 Å². The second-order valence-electron chi connectivity index (χ2n) is 5.84. The number of benzene rings is 1. The first-order valence-electron chi connectivity index (χ1n) is 7.85. The summed E-state index contributed by atoms with van der Waals surface area (Å²) in [7, 11) is 3.69. The van der Waals surface area contributed by atoms with Crippen LogP contribution in [-0.2, 0) is 0 Å². The number of hydrogen-bond donors (Lipinski definition) is 1. The molecule has 1 aromatic carbocycles. The molecule has 1 saturated heterocycles. The lowest BCUT2D eigenvalue weighted by atomic mass is 10.2. The van der Waals surface area contributed by atoms with Gasteiger partial charge in [-0.15, -0.1) is 0 Å². The first-order valence-corrected chi connectivity index (χ1v) is 7.85. The third-order valence-electron chi connectivity index (χ3n) is 4.13. The third-order valence-corrected chi connectivity index (χ3v) is 4.13. The number of ether oxygens (including phenoxy) is 1. The van der Waals surface area contributed by atoms with E-state index in [1.807, 2.05) is 35.2 Å². The Kier molecular flexibility index (Phi) is 4.62. The summed E-state index contributed by atoms with van der Waals surface area (Å²) < 4.78 is 5.13. The van der Waals surface area contributed by atoms with Crippen LogP contribution in [-0.4, -0.2) is 61.2 Å². The van der Waals surface area contributed by atoms with Crippen LogP contribution >= 0.6 is 0 Å². The minimum atomic E-state index is -0.0406. The van der Waals surface area contributed by atoms with Gasteiger partial charge in [0.25, 0.3) is 0 Å². The maximum atomic E-state index is 12.4. The number of fused-ring (bicyclic) bond motifs is 1. The molecule has 3 rings (SSSR count). The van der Waals surface area contributed by atoms with E-state index in [1.165, 1.54) is 0 Å². The summed E-state index contributed by atoms with van der Waals surface area (Å²) >= 11 is 0. The van der Waals surface area contributed by atoms with Gasteiger partial charge in [0.1, 0.15) is 0 Å². The summed E-state index contributed by atoms with van der Waals surface area (Å²) in [6, 6.07) is 9.42. The molecule has 2 amide bonds. The monoisotopic (exact) mass is 314 g/mol. The normalized spacial score (nSPS) is 16.2. The van der Waals surface area contributed by atoms with Gasteiger partial charge < -0.3 is 19.9 Å². The second-order valence-corrected chi connectivity index (χ2v) is 5.84. The SMILES string of the molecule is COc1ccc2cc(NC(=O)N3CCCN(C)CC3)ccc2n1. The summed E-state index contributed by atoms with van der Waals surface area (Å²) in [6.45, 7) is 3.50. The van der Waals surface area contributed by atoms with E-state index in [4.69, 9.17) is 4.74 Å². The molecule has 1 N–H and O–H groups in total. The molecule has 1 fully saturated rings. The summed E-state index contributed by atoms with van der Waals surface area (Å²) in [5.41, 5.74) is 1.63. The van der Waals surface area contributed by atoms with E-state index in [0.717, 1.165) is 49.2 Å². The van der Waals surface area contributed by atoms with Gasteiger partial charge in [0.15, 0.2) is 0 Å². The summed E-state index contributed by atoms with van der Waals surface area (Å²) in [4.78, 5) is 20.9. The number of carbonyl (C=O) groups excluding carboxylic acids is 1. The molecule has 0 saturated carbocycles. The van der Waals surface area contributed by atoms with Crippen LogP contribution in [0, 0.1) is 0 Å². The van der Waals surface area contributed by atoms with Gasteiger partial charge in [-0.1, -0.05) is 0 Å². The minimum absolute atomic E-state index is 0.0406. The summed E-state index contributed by atoms with van der Waals surface area (Å²) in [5.74, 6) is 0.586. The Morgan fingerprint density at radius 3 is 2.87 bits per heavy atom. The fraction of sp³-hybridized carbons (Fsp3) is 0.412. The number of amides is 2. The molecule has 23 heavy (non-hydrogen) atoms. The molecule has 1 aliphatic rings. The van der Waals surface area contributed by atoms with Crippen molar-refractivity contribution in [1.29, 1.82) is 0 Å². The predicted molar refractivity (Wildman–Crippen MR) is 91.0 cm³/mol. The average molecular weight is 314 g/mol. The zero-order chi connectivity index (χ0) is 16.2. The largest absolute Gasteiger partial charge is 0.481 e. The average Bonchev–Trinajstić information content (AvgIpc) is 2.79. The molecular formula is C17H22N4O2. The van der Waals surface area contributed by atoms with Crippen molar-refractivity contribution in [2.45, 2.75) is 6.42 Å². The smallest absolute Gasteiger partial charge is 0.321 e. The molecule has 0 atom stereocenters. The van der Waals surface area contributed by atoms with E-state index in [0.29, 0.717) is 5.88 Å². The van der Waals surface area contributed by atoms with E-state index in [1.54, 1.807) is 7.11 Å². The Morgan fingerprint density at radius 2 is 2.04 bits per heavy atom. The van der Waals surface area contributed by atoms with Gasteiger partial charge >= 0.3 is 6.03 Å². The van der Waals surface area contributed by atoms with Crippen LogP contribution in [0.4, 0.5) is 10.5 Å². The van der Waals surface area contributed by atoms with Crippen molar-refractivity contribution >= 4 is 22.6 Å². The zero-order valence-electron chi connectivity index (χ0n) is 13.6. The van der Waals surface area contributed by atoms with E-state index in [-0.39, 0.29) is 6.03 Å². The minimum Gasteiger partial charge on any atom is -0.481 e. The fourth-order valence-corrected chi connectivity index (χ4v) is 2.75. The molecular weight excluding hydrogens is 292 g/mol. The number of hydrogen-bond acceptors (Lipinski definition) is 4. The standard InChI is InChI=1S/C17H22N4O2/c1-20-8-3-9-21(11-10-20)17(22)18-14-5-6-15-13(12-14)4-7-16(19-15)23-2/h4-7,12H,3,8-11H2,1-2H3,(H,18,22). The lowest BCUT2D eigenvalue weighted by molar-refractivity contribution is 0.213. The molecule has 122 valence electrons. The molecule has 2 aromatic rings. The molecule has 0 unspecified atom stereocenters. The molecule has 0 radical (unpaired) electrons. The van der Waals surface area contributed by atoms with Crippen molar-refractivity contribution in [1.82, 2.24) is 14.8 Å². The van der Waals surface area contributed by atoms with Crippen LogP contribution in [0.5, 0.6) is 5.88 Å². The van der Waals surface area contributed by atoms with Crippen molar-refractivity contribution in [3.8, 4) is 5.88 Å². The Hall–Kier alpha value is -2.34. The highest BCUT2D eigenvalue weighted by atomic mass is 16.5. The van der Waals surface area contributed by atoms with E-state index in [2.05, 4.69) is 22.2 Å². The van der Waals surface area contributed by atoms with Crippen LogP contribution < -0.4 is 10.1 Å². The van der Waals surface area contributed by atoms with Gasteiger partial charge in [-0.05, 0) is 44.3 Å². The molecule has 1 aliphatic heterocycles. The Bertz CT molecular complexity index is 704. The van der Waals surface area contributed by atoms with Crippen LogP contribution in [0.1, 0.15) is 6.42 Å². The van der Waals surface area contributed by atoms with Crippen LogP contribution in [0.25, 0.3) is 10.9 Å². The maximum absolute atomic E-state index is 12.4. The Balaban J connectivity index is 1.71. The highest BCUT2D eigenvalue weighted by molar-refractivity contribution is 5.92. The number of rotatable bonds is 2. The number of anilines is 1. The number of urea groups is 1. The van der Waals surface area contributed by atoms with Crippen molar-refractivity contribution < 1.29 is 9.53 Å².